The maximum Gasteiger partial charge on any atom is 0.492 e. The molecule has 2 aliphatic rings. The molecule has 0 amide bonds. The van der Waals surface area contributed by atoms with Crippen LogP contribution in [-0.4, -0.2) is 18.9 Å². The van der Waals surface area contributed by atoms with Crippen molar-refractivity contribution in [3.8, 4) is 11.5 Å². The van der Waals surface area contributed by atoms with Crippen LogP contribution in [0.3, 0.4) is 0 Å². The molecule has 5 heteroatoms. The summed E-state index contributed by atoms with van der Waals surface area (Å²) in [5.74, 6) is 1.41. The second-order valence-corrected chi connectivity index (χ2v) is 3.47. The van der Waals surface area contributed by atoms with E-state index >= 15 is 0 Å². The van der Waals surface area contributed by atoms with Gasteiger partial charge in [0.1, 0.15) is 0 Å². The average molecular weight is 192 g/mol. The first-order chi connectivity index (χ1) is 6.75. The van der Waals surface area contributed by atoms with E-state index in [1.807, 2.05) is 13.0 Å². The molecule has 1 N–H and O–H groups in total. The summed E-state index contributed by atoms with van der Waals surface area (Å²) in [6.07, 6.45) is -0.0884. The fourth-order valence-corrected chi connectivity index (χ4v) is 1.88. The van der Waals surface area contributed by atoms with Gasteiger partial charge in [-0.2, -0.15) is 0 Å². The lowest BCUT2D eigenvalue weighted by molar-refractivity contribution is 0.173. The van der Waals surface area contributed by atoms with Gasteiger partial charge in [-0.15, -0.1) is 0 Å². The lowest BCUT2D eigenvalue weighted by Crippen LogP contribution is -2.27. The van der Waals surface area contributed by atoms with Crippen LogP contribution in [0, 0.1) is 0 Å². The van der Waals surface area contributed by atoms with Gasteiger partial charge < -0.3 is 19.2 Å². The summed E-state index contributed by atoms with van der Waals surface area (Å²) in [6.45, 7) is 2.15. The molecule has 0 saturated heterocycles. The second kappa shape index (κ2) is 2.65. The Labute approximate surface area is 81.5 Å². The maximum absolute atomic E-state index is 9.56. The molecule has 2 heterocycles. The Kier molecular flexibility index (Phi) is 1.54. The summed E-state index contributed by atoms with van der Waals surface area (Å²) in [5.41, 5.74) is 1.75. The van der Waals surface area contributed by atoms with Gasteiger partial charge in [-0.25, -0.2) is 0 Å². The van der Waals surface area contributed by atoms with Crippen LogP contribution in [0.15, 0.2) is 12.1 Å². The van der Waals surface area contributed by atoms with Crippen molar-refractivity contribution in [3.05, 3.63) is 17.7 Å². The summed E-state index contributed by atoms with van der Waals surface area (Å²) in [7, 11) is -0.838. The minimum Gasteiger partial charge on any atom is -0.454 e. The van der Waals surface area contributed by atoms with Crippen LogP contribution in [-0.2, 0) is 4.65 Å². The van der Waals surface area contributed by atoms with E-state index in [1.54, 1.807) is 6.07 Å². The van der Waals surface area contributed by atoms with Crippen molar-refractivity contribution in [2.75, 3.05) is 6.79 Å². The van der Waals surface area contributed by atoms with E-state index in [-0.39, 0.29) is 12.9 Å². The predicted octanol–water partition coefficient (Wildman–Crippen LogP) is 0.194. The number of fused-ring (bicyclic) bond motifs is 2. The van der Waals surface area contributed by atoms with Crippen molar-refractivity contribution in [3.63, 3.8) is 0 Å². The molecule has 0 saturated carbocycles. The highest BCUT2D eigenvalue weighted by atomic mass is 16.7. The normalized spacial score (nSPS) is 22.7. The summed E-state index contributed by atoms with van der Waals surface area (Å²) in [4.78, 5) is 0. The molecule has 4 nitrogen and oxygen atoms in total. The maximum atomic E-state index is 9.56. The number of benzene rings is 1. The van der Waals surface area contributed by atoms with Gasteiger partial charge in [0.05, 0.1) is 6.10 Å². The first kappa shape index (κ1) is 8.14. The Bertz CT molecular complexity index is 358. The molecule has 1 aromatic carbocycles. The SMILES string of the molecule is CC1OB(O)c2cc3c(cc21)OCO3. The van der Waals surface area contributed by atoms with Gasteiger partial charge in [-0.3, -0.25) is 0 Å². The molecule has 0 bridgehead atoms. The van der Waals surface area contributed by atoms with E-state index in [0.29, 0.717) is 5.75 Å². The molecule has 0 spiro atoms. The topological polar surface area (TPSA) is 47.9 Å². The van der Waals surface area contributed by atoms with Gasteiger partial charge in [0.15, 0.2) is 11.5 Å². The molecule has 1 unspecified atom stereocenters. The van der Waals surface area contributed by atoms with E-state index < -0.39 is 7.12 Å². The quantitative estimate of drug-likeness (QED) is 0.596. The van der Waals surface area contributed by atoms with Crippen LogP contribution in [0.4, 0.5) is 0 Å². The lowest BCUT2D eigenvalue weighted by Gasteiger charge is -2.04. The van der Waals surface area contributed by atoms with Crippen molar-refractivity contribution >= 4 is 12.6 Å². The van der Waals surface area contributed by atoms with Gasteiger partial charge in [0.25, 0.3) is 0 Å². The van der Waals surface area contributed by atoms with Crippen LogP contribution in [0.2, 0.25) is 0 Å². The molecule has 0 aliphatic carbocycles. The molecule has 2 aliphatic heterocycles. The van der Waals surface area contributed by atoms with E-state index in [9.17, 15) is 5.02 Å². The Balaban J connectivity index is 2.17. The molecule has 72 valence electrons. The Morgan fingerprint density at radius 3 is 2.86 bits per heavy atom. The zero-order valence-electron chi connectivity index (χ0n) is 7.69. The zero-order chi connectivity index (χ0) is 9.71. The van der Waals surface area contributed by atoms with Crippen molar-refractivity contribution < 1.29 is 19.2 Å². The summed E-state index contributed by atoms with van der Waals surface area (Å²) in [6, 6.07) is 3.66. The average Bonchev–Trinajstić information content (AvgIpc) is 2.70. The van der Waals surface area contributed by atoms with Gasteiger partial charge in [-0.1, -0.05) is 0 Å². The van der Waals surface area contributed by atoms with Crippen LogP contribution >= 0.6 is 0 Å². The van der Waals surface area contributed by atoms with E-state index in [0.717, 1.165) is 16.8 Å². The largest absolute Gasteiger partial charge is 0.492 e. The molecule has 14 heavy (non-hydrogen) atoms. The van der Waals surface area contributed by atoms with Gasteiger partial charge in [0, 0.05) is 0 Å². The van der Waals surface area contributed by atoms with E-state index in [1.165, 1.54) is 0 Å². The second-order valence-electron chi connectivity index (χ2n) is 3.47. The number of hydrogen-bond acceptors (Lipinski definition) is 4. The van der Waals surface area contributed by atoms with E-state index in [2.05, 4.69) is 0 Å². The molecular formula is C9H9BO4. The van der Waals surface area contributed by atoms with Crippen LogP contribution in [0.1, 0.15) is 18.6 Å². The molecule has 1 aromatic rings. The molecule has 0 radical (unpaired) electrons. The highest BCUT2D eigenvalue weighted by Gasteiger charge is 2.35. The van der Waals surface area contributed by atoms with Crippen molar-refractivity contribution in [1.82, 2.24) is 0 Å². The fraction of sp³-hybridized carbons (Fsp3) is 0.333. The molecule has 0 fully saturated rings. The number of ether oxygens (including phenoxy) is 2. The van der Waals surface area contributed by atoms with Crippen molar-refractivity contribution in [2.24, 2.45) is 0 Å². The summed E-state index contributed by atoms with van der Waals surface area (Å²) >= 11 is 0. The van der Waals surface area contributed by atoms with Crippen LogP contribution in [0.5, 0.6) is 11.5 Å². The standard InChI is InChI=1S/C9H9BO4/c1-5-6-2-8-9(13-4-12-8)3-7(6)10(11)14-5/h2-3,5,11H,4H2,1H3. The fourth-order valence-electron chi connectivity index (χ4n) is 1.88. The van der Waals surface area contributed by atoms with Crippen molar-refractivity contribution in [2.45, 2.75) is 13.0 Å². The Hall–Kier alpha value is -1.20. The molecule has 3 rings (SSSR count). The zero-order valence-corrected chi connectivity index (χ0v) is 7.69. The van der Waals surface area contributed by atoms with Gasteiger partial charge in [-0.05, 0) is 30.1 Å². The van der Waals surface area contributed by atoms with Crippen LogP contribution in [0.25, 0.3) is 0 Å². The molecular weight excluding hydrogens is 183 g/mol. The monoisotopic (exact) mass is 192 g/mol. The third-order valence-electron chi connectivity index (χ3n) is 2.62. The minimum absolute atomic E-state index is 0.0884. The first-order valence-corrected chi connectivity index (χ1v) is 4.52. The summed E-state index contributed by atoms with van der Waals surface area (Å²) in [5, 5.41) is 9.56. The summed E-state index contributed by atoms with van der Waals surface area (Å²) < 4.78 is 15.7. The Morgan fingerprint density at radius 2 is 2.07 bits per heavy atom. The van der Waals surface area contributed by atoms with Crippen molar-refractivity contribution in [1.29, 1.82) is 0 Å². The number of hydrogen-bond donors (Lipinski definition) is 1. The predicted molar refractivity (Wildman–Crippen MR) is 49.7 cm³/mol. The highest BCUT2D eigenvalue weighted by molar-refractivity contribution is 6.61. The van der Waals surface area contributed by atoms with Crippen LogP contribution < -0.4 is 14.9 Å². The third-order valence-corrected chi connectivity index (χ3v) is 2.62. The van der Waals surface area contributed by atoms with Gasteiger partial charge >= 0.3 is 7.12 Å². The molecule has 0 aromatic heterocycles. The minimum atomic E-state index is -0.838. The lowest BCUT2D eigenvalue weighted by atomic mass is 9.79. The van der Waals surface area contributed by atoms with E-state index in [4.69, 9.17) is 14.1 Å². The number of rotatable bonds is 0. The third kappa shape index (κ3) is 0.965. The Morgan fingerprint density at radius 1 is 1.36 bits per heavy atom. The van der Waals surface area contributed by atoms with Gasteiger partial charge in [0.2, 0.25) is 6.79 Å². The highest BCUT2D eigenvalue weighted by Crippen LogP contribution is 2.36. The first-order valence-electron chi connectivity index (χ1n) is 4.52. The molecule has 1 atom stereocenters. The smallest absolute Gasteiger partial charge is 0.454 e.